The van der Waals surface area contributed by atoms with Gasteiger partial charge < -0.3 is 29.4 Å². The Balaban J connectivity index is 0.00000289. The lowest BCUT2D eigenvalue weighted by atomic mass is 9.95. The molecule has 1 aliphatic heterocycles. The molecule has 6 nitrogen and oxygen atoms in total. The maximum absolute atomic E-state index is 10.6. The van der Waals surface area contributed by atoms with Gasteiger partial charge in [-0.25, -0.2) is 0 Å². The zero-order valence-electron chi connectivity index (χ0n) is 18.3. The van der Waals surface area contributed by atoms with Gasteiger partial charge in [-0.3, -0.25) is 0 Å². The smallest absolute Gasteiger partial charge is 0.175 e. The lowest BCUT2D eigenvalue weighted by Crippen LogP contribution is -2.30. The standard InChI is InChI=1S/C24H30BrNO5.ClH/c1-28-23-12-16(14-26-18-5-3-2-4-6-18)11-19(25)24(23)31-15-20(27)17-7-8-21-22(13-17)30-10-9-29-21;/h7-8,11-13,18,20,26-27H,2-6,9-10,14-15H2,1H3;1H. The highest BCUT2D eigenvalue weighted by molar-refractivity contribution is 9.10. The van der Waals surface area contributed by atoms with Gasteiger partial charge in [0.2, 0.25) is 0 Å². The third-order valence-corrected chi connectivity index (χ3v) is 6.41. The second-order valence-electron chi connectivity index (χ2n) is 8.05. The summed E-state index contributed by atoms with van der Waals surface area (Å²) in [5.41, 5.74) is 1.85. The van der Waals surface area contributed by atoms with Gasteiger partial charge in [-0.05, 0) is 64.2 Å². The lowest BCUT2D eigenvalue weighted by Gasteiger charge is -2.23. The first-order chi connectivity index (χ1) is 15.1. The van der Waals surface area contributed by atoms with Crippen LogP contribution in [0.15, 0.2) is 34.8 Å². The van der Waals surface area contributed by atoms with Crippen LogP contribution in [0.4, 0.5) is 0 Å². The van der Waals surface area contributed by atoms with Crippen molar-refractivity contribution in [2.24, 2.45) is 0 Å². The van der Waals surface area contributed by atoms with E-state index < -0.39 is 6.10 Å². The molecular formula is C24H31BrClNO5. The van der Waals surface area contributed by atoms with Gasteiger partial charge >= 0.3 is 0 Å². The number of methoxy groups -OCH3 is 1. The third-order valence-electron chi connectivity index (χ3n) is 5.83. The second-order valence-corrected chi connectivity index (χ2v) is 8.91. The summed E-state index contributed by atoms with van der Waals surface area (Å²) in [6, 6.07) is 10.1. The summed E-state index contributed by atoms with van der Waals surface area (Å²) in [6.07, 6.45) is 5.66. The van der Waals surface area contributed by atoms with Crippen molar-refractivity contribution >= 4 is 28.3 Å². The average Bonchev–Trinajstić information content (AvgIpc) is 2.81. The van der Waals surface area contributed by atoms with E-state index in [1.807, 2.05) is 24.3 Å². The van der Waals surface area contributed by atoms with E-state index in [2.05, 4.69) is 21.2 Å². The molecule has 4 rings (SSSR count). The minimum Gasteiger partial charge on any atom is -0.493 e. The Morgan fingerprint density at radius 2 is 1.84 bits per heavy atom. The first-order valence-electron chi connectivity index (χ1n) is 10.9. The molecule has 1 aliphatic carbocycles. The molecule has 1 fully saturated rings. The van der Waals surface area contributed by atoms with Gasteiger partial charge in [0, 0.05) is 12.6 Å². The fourth-order valence-corrected chi connectivity index (χ4v) is 4.71. The Kier molecular flexibility index (Phi) is 9.34. The van der Waals surface area contributed by atoms with Crippen molar-refractivity contribution in [3.63, 3.8) is 0 Å². The highest BCUT2D eigenvalue weighted by atomic mass is 79.9. The number of halogens is 2. The zero-order valence-corrected chi connectivity index (χ0v) is 20.7. The molecule has 1 unspecified atom stereocenters. The van der Waals surface area contributed by atoms with Crippen LogP contribution in [0.3, 0.4) is 0 Å². The number of benzene rings is 2. The molecule has 2 N–H and O–H groups in total. The summed E-state index contributed by atoms with van der Waals surface area (Å²) in [7, 11) is 1.63. The Morgan fingerprint density at radius 1 is 1.09 bits per heavy atom. The third kappa shape index (κ3) is 6.22. The molecule has 1 saturated carbocycles. The Morgan fingerprint density at radius 3 is 2.59 bits per heavy atom. The molecule has 32 heavy (non-hydrogen) atoms. The number of aliphatic hydroxyl groups excluding tert-OH is 1. The quantitative estimate of drug-likeness (QED) is 0.492. The molecule has 0 spiro atoms. The van der Waals surface area contributed by atoms with Crippen LogP contribution in [0.2, 0.25) is 0 Å². The highest BCUT2D eigenvalue weighted by Crippen LogP contribution is 2.38. The summed E-state index contributed by atoms with van der Waals surface area (Å²) < 4.78 is 23.5. The van der Waals surface area contributed by atoms with Crippen LogP contribution >= 0.6 is 28.3 Å². The van der Waals surface area contributed by atoms with Crippen LogP contribution in [0, 0.1) is 0 Å². The Bertz CT molecular complexity index is 891. The van der Waals surface area contributed by atoms with E-state index in [0.717, 1.165) is 16.6 Å². The van der Waals surface area contributed by atoms with Crippen LogP contribution in [0.1, 0.15) is 49.3 Å². The molecule has 8 heteroatoms. The number of hydrogen-bond donors (Lipinski definition) is 2. The number of nitrogens with one attached hydrogen (secondary N) is 1. The Labute approximate surface area is 204 Å². The summed E-state index contributed by atoms with van der Waals surface area (Å²) in [4.78, 5) is 0. The summed E-state index contributed by atoms with van der Waals surface area (Å²) >= 11 is 3.61. The van der Waals surface area contributed by atoms with Crippen molar-refractivity contribution in [2.75, 3.05) is 26.9 Å². The van der Waals surface area contributed by atoms with Crippen LogP contribution in [-0.4, -0.2) is 38.1 Å². The lowest BCUT2D eigenvalue weighted by molar-refractivity contribution is 0.105. The predicted octanol–water partition coefficient (Wildman–Crippen LogP) is 5.19. The second kappa shape index (κ2) is 12.0. The van der Waals surface area contributed by atoms with Gasteiger partial charge in [0.15, 0.2) is 23.0 Å². The minimum absolute atomic E-state index is 0. The van der Waals surface area contributed by atoms with E-state index in [4.69, 9.17) is 18.9 Å². The zero-order chi connectivity index (χ0) is 21.6. The van der Waals surface area contributed by atoms with Crippen molar-refractivity contribution in [1.29, 1.82) is 0 Å². The average molecular weight is 529 g/mol. The topological polar surface area (TPSA) is 69.2 Å². The number of aliphatic hydroxyl groups is 1. The van der Waals surface area contributed by atoms with E-state index in [0.29, 0.717) is 47.8 Å². The van der Waals surface area contributed by atoms with Gasteiger partial charge in [-0.15, -0.1) is 12.4 Å². The summed E-state index contributed by atoms with van der Waals surface area (Å²) in [5.74, 6) is 2.58. The van der Waals surface area contributed by atoms with Gasteiger partial charge in [0.25, 0.3) is 0 Å². The maximum Gasteiger partial charge on any atom is 0.175 e. The fraction of sp³-hybridized carbons (Fsp3) is 0.500. The van der Waals surface area contributed by atoms with Crippen molar-refractivity contribution < 1.29 is 24.1 Å². The number of fused-ring (bicyclic) bond motifs is 1. The number of ether oxygens (including phenoxy) is 4. The number of hydrogen-bond acceptors (Lipinski definition) is 6. The normalized spacial score (nSPS) is 16.7. The van der Waals surface area contributed by atoms with E-state index in [9.17, 15) is 5.11 Å². The molecule has 2 aromatic rings. The molecule has 0 saturated heterocycles. The van der Waals surface area contributed by atoms with Gasteiger partial charge in [-0.2, -0.15) is 0 Å². The van der Waals surface area contributed by atoms with Crippen LogP contribution in [0.5, 0.6) is 23.0 Å². The van der Waals surface area contributed by atoms with Crippen LogP contribution in [0.25, 0.3) is 0 Å². The Hall–Kier alpha value is -1.67. The molecule has 1 heterocycles. The molecule has 2 aliphatic rings. The van der Waals surface area contributed by atoms with Gasteiger partial charge in [0.05, 0.1) is 11.6 Å². The van der Waals surface area contributed by atoms with E-state index in [1.165, 1.54) is 32.1 Å². The molecular weight excluding hydrogens is 498 g/mol. The summed E-state index contributed by atoms with van der Waals surface area (Å²) in [5, 5.41) is 14.3. The van der Waals surface area contributed by atoms with Crippen molar-refractivity contribution in [1.82, 2.24) is 5.32 Å². The molecule has 0 radical (unpaired) electrons. The first kappa shape index (κ1) is 25.0. The molecule has 0 bridgehead atoms. The monoisotopic (exact) mass is 527 g/mol. The van der Waals surface area contributed by atoms with Crippen molar-refractivity contribution in [3.05, 3.63) is 45.9 Å². The predicted molar refractivity (Wildman–Crippen MR) is 130 cm³/mol. The van der Waals surface area contributed by atoms with Crippen molar-refractivity contribution in [2.45, 2.75) is 50.8 Å². The van der Waals surface area contributed by atoms with E-state index in [-0.39, 0.29) is 19.0 Å². The molecule has 1 atom stereocenters. The van der Waals surface area contributed by atoms with Crippen LogP contribution in [-0.2, 0) is 6.54 Å². The largest absolute Gasteiger partial charge is 0.493 e. The molecule has 0 aromatic heterocycles. The SMILES string of the molecule is COc1cc(CNC2CCCCC2)cc(Br)c1OCC(O)c1ccc2c(c1)OCCO2.Cl. The summed E-state index contributed by atoms with van der Waals surface area (Å²) in [6.45, 7) is 1.93. The van der Waals surface area contributed by atoms with Crippen molar-refractivity contribution in [3.8, 4) is 23.0 Å². The molecule has 176 valence electrons. The number of rotatable bonds is 8. The van der Waals surface area contributed by atoms with Crippen LogP contribution < -0.4 is 24.3 Å². The van der Waals surface area contributed by atoms with E-state index >= 15 is 0 Å². The highest BCUT2D eigenvalue weighted by Gasteiger charge is 2.19. The first-order valence-corrected chi connectivity index (χ1v) is 11.7. The minimum atomic E-state index is -0.805. The fourth-order valence-electron chi connectivity index (χ4n) is 4.11. The maximum atomic E-state index is 10.6. The van der Waals surface area contributed by atoms with E-state index in [1.54, 1.807) is 13.2 Å². The molecule has 0 amide bonds. The molecule has 2 aromatic carbocycles. The van der Waals surface area contributed by atoms with Gasteiger partial charge in [0.1, 0.15) is 25.9 Å². The van der Waals surface area contributed by atoms with Gasteiger partial charge in [-0.1, -0.05) is 25.3 Å².